The highest BCUT2D eigenvalue weighted by molar-refractivity contribution is 8.02. The van der Waals surface area contributed by atoms with Crippen LogP contribution in [-0.4, -0.2) is 18.6 Å². The molecule has 3 aromatic carbocycles. The molecule has 3 aromatic rings. The molecule has 0 unspecified atom stereocenters. The van der Waals surface area contributed by atoms with Crippen LogP contribution in [-0.2, 0) is 10.0 Å². The number of rotatable bonds is 1. The van der Waals surface area contributed by atoms with Gasteiger partial charge in [0.2, 0.25) is 0 Å². The molecule has 0 aliphatic carbocycles. The van der Waals surface area contributed by atoms with Crippen LogP contribution in [0.3, 0.4) is 0 Å². The highest BCUT2D eigenvalue weighted by Gasteiger charge is 2.30. The van der Waals surface area contributed by atoms with Crippen molar-refractivity contribution in [3.63, 3.8) is 0 Å². The quantitative estimate of drug-likeness (QED) is 0.592. The number of fused-ring (bicyclic) bond motifs is 2. The second-order valence-corrected chi connectivity index (χ2v) is 7.26. The molecule has 4 rings (SSSR count). The van der Waals surface area contributed by atoms with Crippen molar-refractivity contribution in [2.45, 2.75) is 0 Å². The van der Waals surface area contributed by atoms with Gasteiger partial charge >= 0.3 is 0 Å². The summed E-state index contributed by atoms with van der Waals surface area (Å²) in [6.45, 7) is 0. The first kappa shape index (κ1) is 14.6. The van der Waals surface area contributed by atoms with Gasteiger partial charge < -0.3 is 10.2 Å². The van der Waals surface area contributed by atoms with E-state index >= 15 is 0 Å². The number of phenols is 2. The van der Waals surface area contributed by atoms with E-state index < -0.39 is 10.0 Å². The zero-order valence-corrected chi connectivity index (χ0v) is 13.2. The summed E-state index contributed by atoms with van der Waals surface area (Å²) in [5.41, 5.74) is 1.38. The third-order valence-electron chi connectivity index (χ3n) is 3.96. The molecule has 6 heteroatoms. The number of sulfonamides is 1. The molecule has 0 amide bonds. The standard InChI is InChI=1S/C18H13NO4S/c20-13-5-6-16-15(10-13)18(24(22,23)19-16)9-11-7-12-3-1-2-4-14(12)17(21)8-11/h1-10,19-21H. The third-order valence-corrected chi connectivity index (χ3v) is 5.37. The maximum Gasteiger partial charge on any atom is 0.262 e. The Labute approximate surface area is 138 Å². The van der Waals surface area contributed by atoms with Crippen molar-refractivity contribution in [2.24, 2.45) is 0 Å². The van der Waals surface area contributed by atoms with Crippen molar-refractivity contribution in [1.29, 1.82) is 0 Å². The van der Waals surface area contributed by atoms with E-state index in [1.54, 1.807) is 12.1 Å². The first-order valence-electron chi connectivity index (χ1n) is 7.24. The molecule has 0 saturated heterocycles. The summed E-state index contributed by atoms with van der Waals surface area (Å²) in [5.74, 6) is 0.0688. The number of nitrogens with one attached hydrogen (secondary N) is 1. The fourth-order valence-electron chi connectivity index (χ4n) is 2.87. The molecule has 0 aromatic heterocycles. The van der Waals surface area contributed by atoms with Gasteiger partial charge in [-0.25, -0.2) is 8.42 Å². The van der Waals surface area contributed by atoms with Crippen molar-refractivity contribution < 1.29 is 18.6 Å². The molecule has 24 heavy (non-hydrogen) atoms. The van der Waals surface area contributed by atoms with E-state index in [4.69, 9.17) is 0 Å². The molecule has 1 aliphatic rings. The molecule has 3 N–H and O–H groups in total. The number of hydrogen-bond acceptors (Lipinski definition) is 4. The lowest BCUT2D eigenvalue weighted by Crippen LogP contribution is -2.05. The Bertz CT molecular complexity index is 1120. The molecule has 5 nitrogen and oxygen atoms in total. The van der Waals surface area contributed by atoms with Gasteiger partial charge in [0.25, 0.3) is 10.0 Å². The van der Waals surface area contributed by atoms with E-state index in [0.717, 1.165) is 5.39 Å². The number of aromatic hydroxyl groups is 2. The Morgan fingerprint density at radius 1 is 0.958 bits per heavy atom. The Morgan fingerprint density at radius 2 is 1.75 bits per heavy atom. The Kier molecular flexibility index (Phi) is 3.04. The van der Waals surface area contributed by atoms with E-state index in [-0.39, 0.29) is 16.4 Å². The predicted octanol–water partition coefficient (Wildman–Crippen LogP) is 3.50. The second-order valence-electron chi connectivity index (χ2n) is 5.61. The predicted molar refractivity (Wildman–Crippen MR) is 94.1 cm³/mol. The lowest BCUT2D eigenvalue weighted by molar-refractivity contribution is 0.475. The average molecular weight is 339 g/mol. The second kappa shape index (κ2) is 5.01. The summed E-state index contributed by atoms with van der Waals surface area (Å²) in [6.07, 6.45) is 1.49. The van der Waals surface area contributed by atoms with Gasteiger partial charge in [0, 0.05) is 10.9 Å². The maximum absolute atomic E-state index is 12.4. The molecule has 0 fully saturated rings. The number of benzene rings is 3. The first-order chi connectivity index (χ1) is 11.4. The van der Waals surface area contributed by atoms with Gasteiger partial charge in [-0.2, -0.15) is 0 Å². The largest absolute Gasteiger partial charge is 0.508 e. The van der Waals surface area contributed by atoms with E-state index in [9.17, 15) is 18.6 Å². The van der Waals surface area contributed by atoms with Gasteiger partial charge in [-0.1, -0.05) is 24.3 Å². The van der Waals surface area contributed by atoms with Crippen molar-refractivity contribution in [3.05, 3.63) is 65.7 Å². The van der Waals surface area contributed by atoms with Crippen LogP contribution in [0, 0.1) is 0 Å². The van der Waals surface area contributed by atoms with E-state index in [2.05, 4.69) is 4.72 Å². The Balaban J connectivity index is 1.94. The van der Waals surface area contributed by atoms with Crippen LogP contribution in [0.4, 0.5) is 5.69 Å². The molecule has 120 valence electrons. The molecule has 0 radical (unpaired) electrons. The maximum atomic E-state index is 12.4. The Morgan fingerprint density at radius 3 is 2.58 bits per heavy atom. The average Bonchev–Trinajstić information content (AvgIpc) is 2.78. The zero-order valence-electron chi connectivity index (χ0n) is 12.4. The molecule has 0 atom stereocenters. The van der Waals surface area contributed by atoms with Crippen LogP contribution in [0.25, 0.3) is 21.8 Å². The molecule has 0 saturated carbocycles. The highest BCUT2D eigenvalue weighted by Crippen LogP contribution is 2.40. The van der Waals surface area contributed by atoms with Crippen LogP contribution < -0.4 is 4.72 Å². The van der Waals surface area contributed by atoms with Gasteiger partial charge in [0.1, 0.15) is 11.5 Å². The van der Waals surface area contributed by atoms with Crippen molar-refractivity contribution in [1.82, 2.24) is 0 Å². The van der Waals surface area contributed by atoms with Crippen LogP contribution in [0.2, 0.25) is 0 Å². The topological polar surface area (TPSA) is 86.6 Å². The van der Waals surface area contributed by atoms with Gasteiger partial charge in [0.05, 0.1) is 10.6 Å². The molecule has 0 bridgehead atoms. The lowest BCUT2D eigenvalue weighted by atomic mass is 10.0. The molecule has 1 aliphatic heterocycles. The monoisotopic (exact) mass is 339 g/mol. The molecular weight excluding hydrogens is 326 g/mol. The highest BCUT2D eigenvalue weighted by atomic mass is 32.2. The van der Waals surface area contributed by atoms with Gasteiger partial charge in [-0.15, -0.1) is 0 Å². The number of phenolic OH excluding ortho intramolecular Hbond substituents is 2. The minimum atomic E-state index is -3.71. The summed E-state index contributed by atoms with van der Waals surface area (Å²) < 4.78 is 27.2. The smallest absolute Gasteiger partial charge is 0.262 e. The fourth-order valence-corrected chi connectivity index (χ4v) is 4.20. The van der Waals surface area contributed by atoms with Crippen molar-refractivity contribution in [2.75, 3.05) is 4.72 Å². The number of anilines is 1. The number of hydrogen-bond donors (Lipinski definition) is 3. The fraction of sp³-hybridized carbons (Fsp3) is 0. The van der Waals surface area contributed by atoms with Crippen LogP contribution >= 0.6 is 0 Å². The summed E-state index contributed by atoms with van der Waals surface area (Å²) >= 11 is 0. The molecule has 0 spiro atoms. The molecular formula is C18H13NO4S. The van der Waals surface area contributed by atoms with E-state index in [1.165, 1.54) is 30.3 Å². The van der Waals surface area contributed by atoms with E-state index in [1.807, 2.05) is 18.2 Å². The summed E-state index contributed by atoms with van der Waals surface area (Å²) in [6, 6.07) is 15.0. The van der Waals surface area contributed by atoms with Crippen LogP contribution in [0.15, 0.2) is 54.6 Å². The lowest BCUT2D eigenvalue weighted by Gasteiger charge is -2.05. The van der Waals surface area contributed by atoms with Crippen molar-refractivity contribution >= 4 is 37.5 Å². The summed E-state index contributed by atoms with van der Waals surface area (Å²) in [4.78, 5) is 0.0584. The third kappa shape index (κ3) is 2.28. The Hall–Kier alpha value is -2.99. The van der Waals surface area contributed by atoms with Gasteiger partial charge in [-0.3, -0.25) is 4.72 Å². The minimum absolute atomic E-state index is 0.0140. The SMILES string of the molecule is O=S1(=O)Nc2ccc(O)cc2C1=Cc1cc(O)c2ccccc2c1. The van der Waals surface area contributed by atoms with Crippen molar-refractivity contribution in [3.8, 4) is 11.5 Å². The molecule has 1 heterocycles. The van der Waals surface area contributed by atoms with E-state index in [0.29, 0.717) is 22.2 Å². The van der Waals surface area contributed by atoms with Gasteiger partial charge in [-0.05, 0) is 47.4 Å². The first-order valence-corrected chi connectivity index (χ1v) is 8.72. The summed E-state index contributed by atoms with van der Waals surface area (Å²) in [7, 11) is -3.71. The summed E-state index contributed by atoms with van der Waals surface area (Å²) in [5, 5.41) is 21.3. The van der Waals surface area contributed by atoms with Crippen LogP contribution in [0.5, 0.6) is 11.5 Å². The zero-order chi connectivity index (χ0) is 16.9. The normalized spacial score (nSPS) is 16.9. The minimum Gasteiger partial charge on any atom is -0.508 e. The van der Waals surface area contributed by atoms with Gasteiger partial charge in [0.15, 0.2) is 0 Å². The van der Waals surface area contributed by atoms with Crippen LogP contribution in [0.1, 0.15) is 11.1 Å².